The highest BCUT2D eigenvalue weighted by atomic mass is 35.5. The van der Waals surface area contributed by atoms with Crippen LogP contribution in [0.5, 0.6) is 0 Å². The molecule has 0 aliphatic carbocycles. The molecule has 0 radical (unpaired) electrons. The highest BCUT2D eigenvalue weighted by molar-refractivity contribution is 6.39. The van der Waals surface area contributed by atoms with Crippen molar-refractivity contribution in [2.24, 2.45) is 0 Å². The van der Waals surface area contributed by atoms with Gasteiger partial charge >= 0.3 is 5.97 Å². The number of carbonyl (C=O) groups is 2. The van der Waals surface area contributed by atoms with Crippen LogP contribution in [0.3, 0.4) is 0 Å². The van der Waals surface area contributed by atoms with Crippen molar-refractivity contribution in [3.05, 3.63) is 27.7 Å². The lowest BCUT2D eigenvalue weighted by molar-refractivity contribution is -0.146. The summed E-state index contributed by atoms with van der Waals surface area (Å²) in [5, 5.41) is 20.2. The first-order valence-corrected chi connectivity index (χ1v) is 6.02. The standard InChI is InChI=1S/C11H12Cl2N2O4/c12-6-3-5(4-7(13)9(6)14)10(17)15-2-1-8(16)11(18)19/h3-4,8,16H,1-2,14H2,(H,15,17)(H,18,19)/t8-/m0/s1. The van der Waals surface area contributed by atoms with Crippen LogP contribution in [0, 0.1) is 0 Å². The Hall–Kier alpha value is -1.50. The van der Waals surface area contributed by atoms with Crippen molar-refractivity contribution in [2.45, 2.75) is 12.5 Å². The number of amides is 1. The molecule has 0 bridgehead atoms. The van der Waals surface area contributed by atoms with Gasteiger partial charge in [-0.1, -0.05) is 23.2 Å². The molecule has 104 valence electrons. The molecule has 1 rings (SSSR count). The lowest BCUT2D eigenvalue weighted by Crippen LogP contribution is -2.30. The maximum Gasteiger partial charge on any atom is 0.332 e. The fraction of sp³-hybridized carbons (Fsp3) is 0.273. The topological polar surface area (TPSA) is 113 Å². The van der Waals surface area contributed by atoms with Crippen LogP contribution in [-0.4, -0.2) is 34.7 Å². The Bertz CT molecular complexity index is 484. The summed E-state index contributed by atoms with van der Waals surface area (Å²) in [7, 11) is 0. The summed E-state index contributed by atoms with van der Waals surface area (Å²) in [5.41, 5.74) is 5.91. The van der Waals surface area contributed by atoms with Gasteiger partial charge in [0.05, 0.1) is 15.7 Å². The zero-order valence-corrected chi connectivity index (χ0v) is 11.2. The Morgan fingerprint density at radius 2 is 1.84 bits per heavy atom. The van der Waals surface area contributed by atoms with Gasteiger partial charge < -0.3 is 21.3 Å². The minimum Gasteiger partial charge on any atom is -0.479 e. The number of aliphatic carboxylic acids is 1. The predicted molar refractivity (Wildman–Crippen MR) is 71.5 cm³/mol. The van der Waals surface area contributed by atoms with E-state index in [2.05, 4.69) is 5.32 Å². The zero-order chi connectivity index (χ0) is 14.6. The Morgan fingerprint density at radius 3 is 2.32 bits per heavy atom. The number of carboxylic acid groups (broad SMARTS) is 1. The van der Waals surface area contributed by atoms with E-state index in [-0.39, 0.29) is 34.3 Å². The number of anilines is 1. The van der Waals surface area contributed by atoms with Crippen LogP contribution >= 0.6 is 23.2 Å². The van der Waals surface area contributed by atoms with Gasteiger partial charge in [0, 0.05) is 18.5 Å². The van der Waals surface area contributed by atoms with Crippen LogP contribution in [0.15, 0.2) is 12.1 Å². The Balaban J connectivity index is 2.62. The number of nitrogen functional groups attached to an aromatic ring is 1. The fourth-order valence-electron chi connectivity index (χ4n) is 1.26. The third-order valence-corrected chi connectivity index (χ3v) is 2.96. The first-order valence-electron chi connectivity index (χ1n) is 5.26. The maximum atomic E-state index is 11.7. The highest BCUT2D eigenvalue weighted by Crippen LogP contribution is 2.28. The van der Waals surface area contributed by atoms with Crippen LogP contribution in [0.2, 0.25) is 10.0 Å². The van der Waals surface area contributed by atoms with Gasteiger partial charge in [0.1, 0.15) is 0 Å². The van der Waals surface area contributed by atoms with Crippen molar-refractivity contribution in [1.29, 1.82) is 0 Å². The Morgan fingerprint density at radius 1 is 1.32 bits per heavy atom. The molecule has 1 aromatic rings. The average Bonchev–Trinajstić information content (AvgIpc) is 2.34. The van der Waals surface area contributed by atoms with Crippen LogP contribution in [0.4, 0.5) is 5.69 Å². The highest BCUT2D eigenvalue weighted by Gasteiger charge is 2.14. The van der Waals surface area contributed by atoms with E-state index in [0.717, 1.165) is 0 Å². The molecule has 1 amide bonds. The second-order valence-corrected chi connectivity index (χ2v) is 4.57. The van der Waals surface area contributed by atoms with Crippen molar-refractivity contribution in [1.82, 2.24) is 5.32 Å². The lowest BCUT2D eigenvalue weighted by atomic mass is 10.2. The predicted octanol–water partition coefficient (Wildman–Crippen LogP) is 1.14. The first kappa shape index (κ1) is 15.6. The van der Waals surface area contributed by atoms with Crippen molar-refractivity contribution in [3.63, 3.8) is 0 Å². The molecule has 0 aliphatic heterocycles. The minimum atomic E-state index is -1.51. The summed E-state index contributed by atoms with van der Waals surface area (Å²) in [6.07, 6.45) is -1.61. The van der Waals surface area contributed by atoms with Gasteiger partial charge in [0.15, 0.2) is 6.10 Å². The second kappa shape index (κ2) is 6.60. The minimum absolute atomic E-state index is 0.00587. The average molecular weight is 307 g/mol. The van der Waals surface area contributed by atoms with E-state index in [4.69, 9.17) is 39.1 Å². The van der Waals surface area contributed by atoms with E-state index >= 15 is 0 Å². The monoisotopic (exact) mass is 306 g/mol. The van der Waals surface area contributed by atoms with Gasteiger partial charge in [-0.3, -0.25) is 4.79 Å². The van der Waals surface area contributed by atoms with Crippen LogP contribution < -0.4 is 11.1 Å². The number of nitrogens with one attached hydrogen (secondary N) is 1. The largest absolute Gasteiger partial charge is 0.479 e. The number of nitrogens with two attached hydrogens (primary N) is 1. The molecule has 0 fully saturated rings. The molecule has 8 heteroatoms. The maximum absolute atomic E-state index is 11.7. The summed E-state index contributed by atoms with van der Waals surface area (Å²) in [6.45, 7) is 0.00587. The Kier molecular flexibility index (Phi) is 5.41. The van der Waals surface area contributed by atoms with Crippen molar-refractivity contribution < 1.29 is 19.8 Å². The van der Waals surface area contributed by atoms with E-state index in [1.807, 2.05) is 0 Å². The van der Waals surface area contributed by atoms with Gasteiger partial charge in [0.2, 0.25) is 0 Å². The molecule has 1 atom stereocenters. The number of hydrogen-bond donors (Lipinski definition) is 4. The Labute approximate surface area is 119 Å². The van der Waals surface area contributed by atoms with Crippen molar-refractivity contribution in [2.75, 3.05) is 12.3 Å². The molecular weight excluding hydrogens is 295 g/mol. The summed E-state index contributed by atoms with van der Waals surface area (Å²) < 4.78 is 0. The number of carbonyl (C=O) groups excluding carboxylic acids is 1. The molecule has 0 spiro atoms. The van der Waals surface area contributed by atoms with E-state index in [0.29, 0.717) is 0 Å². The summed E-state index contributed by atoms with van der Waals surface area (Å²) in [6, 6.07) is 2.71. The number of halogens is 2. The van der Waals surface area contributed by atoms with E-state index in [9.17, 15) is 9.59 Å². The molecule has 0 aliphatic rings. The van der Waals surface area contributed by atoms with E-state index in [1.165, 1.54) is 12.1 Å². The number of benzene rings is 1. The number of aliphatic hydroxyl groups is 1. The number of carboxylic acids is 1. The van der Waals surface area contributed by atoms with Gasteiger partial charge in [-0.15, -0.1) is 0 Å². The SMILES string of the molecule is Nc1c(Cl)cc(C(=O)NCC[C@H](O)C(=O)O)cc1Cl. The van der Waals surface area contributed by atoms with Gasteiger partial charge in [-0.2, -0.15) is 0 Å². The van der Waals surface area contributed by atoms with E-state index < -0.39 is 18.0 Å². The molecular formula is C11H12Cl2N2O4. The van der Waals surface area contributed by atoms with Crippen molar-refractivity contribution >= 4 is 40.8 Å². The summed E-state index contributed by atoms with van der Waals surface area (Å²) in [4.78, 5) is 22.1. The van der Waals surface area contributed by atoms with Gasteiger partial charge in [-0.05, 0) is 12.1 Å². The third kappa shape index (κ3) is 4.27. The summed E-state index contributed by atoms with van der Waals surface area (Å²) in [5.74, 6) is -1.82. The number of hydrogen-bond acceptors (Lipinski definition) is 4. The molecule has 1 aromatic carbocycles. The van der Waals surface area contributed by atoms with Crippen LogP contribution in [0.25, 0.3) is 0 Å². The third-order valence-electron chi connectivity index (χ3n) is 2.33. The second-order valence-electron chi connectivity index (χ2n) is 3.75. The first-order chi connectivity index (χ1) is 8.82. The van der Waals surface area contributed by atoms with Crippen LogP contribution in [-0.2, 0) is 4.79 Å². The molecule has 0 heterocycles. The van der Waals surface area contributed by atoms with E-state index in [1.54, 1.807) is 0 Å². The molecule has 0 saturated carbocycles. The van der Waals surface area contributed by atoms with Gasteiger partial charge in [-0.25, -0.2) is 4.79 Å². The van der Waals surface area contributed by atoms with Crippen molar-refractivity contribution in [3.8, 4) is 0 Å². The quantitative estimate of drug-likeness (QED) is 0.609. The molecule has 0 aromatic heterocycles. The molecule has 19 heavy (non-hydrogen) atoms. The number of rotatable bonds is 5. The zero-order valence-electron chi connectivity index (χ0n) is 9.69. The van der Waals surface area contributed by atoms with Crippen LogP contribution in [0.1, 0.15) is 16.8 Å². The normalized spacial score (nSPS) is 11.9. The smallest absolute Gasteiger partial charge is 0.332 e. The molecule has 0 unspecified atom stereocenters. The molecule has 6 nitrogen and oxygen atoms in total. The van der Waals surface area contributed by atoms with Gasteiger partial charge in [0.25, 0.3) is 5.91 Å². The molecule has 0 saturated heterocycles. The lowest BCUT2D eigenvalue weighted by Gasteiger charge is -2.09. The fourth-order valence-corrected chi connectivity index (χ4v) is 1.75. The molecule has 5 N–H and O–H groups in total. The number of aliphatic hydroxyl groups excluding tert-OH is 1. The summed E-state index contributed by atoms with van der Waals surface area (Å²) >= 11 is 11.6.